The van der Waals surface area contributed by atoms with Crippen molar-refractivity contribution >= 4 is 23.6 Å². The first-order valence-corrected chi connectivity index (χ1v) is 8.17. The molecule has 116 valence electrons. The number of hydrogen-bond acceptors (Lipinski definition) is 5. The third-order valence-electron chi connectivity index (χ3n) is 3.40. The second kappa shape index (κ2) is 6.66. The molecule has 6 heteroatoms. The van der Waals surface area contributed by atoms with E-state index in [-0.39, 0.29) is 11.8 Å². The van der Waals surface area contributed by atoms with Crippen molar-refractivity contribution in [2.75, 3.05) is 16.7 Å². The minimum absolute atomic E-state index is 0.169. The van der Waals surface area contributed by atoms with E-state index in [0.29, 0.717) is 11.1 Å². The number of hydrogen-bond donors (Lipinski definition) is 2. The van der Waals surface area contributed by atoms with Crippen LogP contribution >= 0.6 is 11.9 Å². The van der Waals surface area contributed by atoms with Crippen LogP contribution in [0.15, 0.2) is 54.9 Å². The molecule has 0 aliphatic heterocycles. The number of benzene rings is 2. The standard InChI is InChI=1S/C17H15FN4S/c1-23-22-16-5-3-2-4-14(16)11-6-7-13(15(18)8-11)12-9-20-17(19)21-10-12/h2-10,22H,1H3,(H2,19,20,21). The molecule has 1 heterocycles. The SMILES string of the molecule is CSNc1ccccc1-c1ccc(-c2cnc(N)nc2)c(F)c1. The van der Waals surface area contributed by atoms with Crippen molar-refractivity contribution in [1.82, 2.24) is 9.97 Å². The Kier molecular flexibility index (Phi) is 4.43. The number of anilines is 2. The first-order valence-electron chi connectivity index (χ1n) is 6.95. The number of nitrogens with zero attached hydrogens (tertiary/aromatic N) is 2. The van der Waals surface area contributed by atoms with Crippen molar-refractivity contribution in [2.24, 2.45) is 0 Å². The van der Waals surface area contributed by atoms with Crippen LogP contribution in [0, 0.1) is 5.82 Å². The predicted molar refractivity (Wildman–Crippen MR) is 94.4 cm³/mol. The van der Waals surface area contributed by atoms with E-state index in [1.807, 2.05) is 36.6 Å². The van der Waals surface area contributed by atoms with Crippen molar-refractivity contribution in [3.63, 3.8) is 0 Å². The summed E-state index contributed by atoms with van der Waals surface area (Å²) in [6.45, 7) is 0. The highest BCUT2D eigenvalue weighted by molar-refractivity contribution is 7.99. The van der Waals surface area contributed by atoms with Gasteiger partial charge in [-0.3, -0.25) is 0 Å². The summed E-state index contributed by atoms with van der Waals surface area (Å²) in [5.74, 6) is -0.155. The van der Waals surface area contributed by atoms with Crippen molar-refractivity contribution < 1.29 is 4.39 Å². The van der Waals surface area contributed by atoms with Gasteiger partial charge in [0.25, 0.3) is 0 Å². The number of halogens is 1. The lowest BCUT2D eigenvalue weighted by Gasteiger charge is -2.11. The van der Waals surface area contributed by atoms with Crippen LogP contribution in [0.2, 0.25) is 0 Å². The van der Waals surface area contributed by atoms with E-state index in [2.05, 4.69) is 14.7 Å². The van der Waals surface area contributed by atoms with Gasteiger partial charge < -0.3 is 10.5 Å². The van der Waals surface area contributed by atoms with Gasteiger partial charge in [0.05, 0.1) is 5.69 Å². The van der Waals surface area contributed by atoms with Crippen LogP contribution in [0.4, 0.5) is 16.0 Å². The number of para-hydroxylation sites is 1. The molecule has 2 aromatic carbocycles. The normalized spacial score (nSPS) is 10.5. The number of rotatable bonds is 4. The summed E-state index contributed by atoms with van der Waals surface area (Å²) < 4.78 is 17.7. The highest BCUT2D eigenvalue weighted by atomic mass is 32.2. The molecular formula is C17H15FN4S. The topological polar surface area (TPSA) is 63.8 Å². The van der Waals surface area contributed by atoms with Gasteiger partial charge >= 0.3 is 0 Å². The Labute approximate surface area is 138 Å². The van der Waals surface area contributed by atoms with Gasteiger partial charge in [-0.1, -0.05) is 42.3 Å². The van der Waals surface area contributed by atoms with E-state index in [9.17, 15) is 4.39 Å². The molecule has 0 saturated carbocycles. The fourth-order valence-electron chi connectivity index (χ4n) is 2.33. The van der Waals surface area contributed by atoms with E-state index in [0.717, 1.165) is 16.8 Å². The minimum atomic E-state index is -0.324. The van der Waals surface area contributed by atoms with Crippen LogP contribution in [-0.4, -0.2) is 16.2 Å². The van der Waals surface area contributed by atoms with Gasteiger partial charge in [-0.2, -0.15) is 0 Å². The van der Waals surface area contributed by atoms with Crippen LogP contribution < -0.4 is 10.5 Å². The molecule has 0 unspecified atom stereocenters. The maximum absolute atomic E-state index is 14.5. The van der Waals surface area contributed by atoms with Gasteiger partial charge in [0.15, 0.2) is 0 Å². The zero-order chi connectivity index (χ0) is 16.2. The Morgan fingerprint density at radius 1 is 1.00 bits per heavy atom. The molecule has 3 aromatic rings. The fourth-order valence-corrected chi connectivity index (χ4v) is 2.73. The van der Waals surface area contributed by atoms with Crippen LogP contribution in [0.5, 0.6) is 0 Å². The van der Waals surface area contributed by atoms with Gasteiger partial charge in [0, 0.05) is 35.3 Å². The van der Waals surface area contributed by atoms with Crippen molar-refractivity contribution in [1.29, 1.82) is 0 Å². The monoisotopic (exact) mass is 326 g/mol. The average molecular weight is 326 g/mol. The maximum Gasteiger partial charge on any atom is 0.219 e. The highest BCUT2D eigenvalue weighted by Crippen LogP contribution is 2.32. The second-order valence-electron chi connectivity index (χ2n) is 4.88. The Bertz CT molecular complexity index is 821. The Balaban J connectivity index is 2.01. The first kappa shape index (κ1) is 15.3. The van der Waals surface area contributed by atoms with E-state index in [1.54, 1.807) is 6.07 Å². The molecular weight excluding hydrogens is 311 g/mol. The summed E-state index contributed by atoms with van der Waals surface area (Å²) in [6.07, 6.45) is 4.98. The number of nitrogens with one attached hydrogen (secondary N) is 1. The minimum Gasteiger partial charge on any atom is -0.368 e. The van der Waals surface area contributed by atoms with Crippen molar-refractivity contribution in [2.45, 2.75) is 0 Å². The summed E-state index contributed by atoms with van der Waals surface area (Å²) >= 11 is 1.50. The predicted octanol–water partition coefficient (Wildman–Crippen LogP) is 4.22. The molecule has 0 aliphatic carbocycles. The molecule has 0 bridgehead atoms. The molecule has 0 amide bonds. The highest BCUT2D eigenvalue weighted by Gasteiger charge is 2.10. The van der Waals surface area contributed by atoms with Crippen LogP contribution in [0.25, 0.3) is 22.3 Å². The Hall–Kier alpha value is -2.60. The van der Waals surface area contributed by atoms with Crippen LogP contribution in [0.1, 0.15) is 0 Å². The largest absolute Gasteiger partial charge is 0.368 e. The van der Waals surface area contributed by atoms with Gasteiger partial charge in [-0.25, -0.2) is 14.4 Å². The molecule has 1 aromatic heterocycles. The average Bonchev–Trinajstić information content (AvgIpc) is 2.57. The Morgan fingerprint density at radius 2 is 1.74 bits per heavy atom. The summed E-state index contributed by atoms with van der Waals surface area (Å²) in [6, 6.07) is 12.9. The fraction of sp³-hybridized carbons (Fsp3) is 0.0588. The van der Waals surface area contributed by atoms with Gasteiger partial charge in [-0.15, -0.1) is 0 Å². The molecule has 0 atom stereocenters. The number of aromatic nitrogens is 2. The third-order valence-corrected chi connectivity index (χ3v) is 3.83. The van der Waals surface area contributed by atoms with Gasteiger partial charge in [0.2, 0.25) is 5.95 Å². The number of nitrogens with two attached hydrogens (primary N) is 1. The molecule has 0 spiro atoms. The molecule has 23 heavy (non-hydrogen) atoms. The third kappa shape index (κ3) is 3.27. The molecule has 0 radical (unpaired) electrons. The zero-order valence-electron chi connectivity index (χ0n) is 12.5. The quantitative estimate of drug-likeness (QED) is 0.703. The van der Waals surface area contributed by atoms with E-state index in [1.165, 1.54) is 30.4 Å². The summed E-state index contributed by atoms with van der Waals surface area (Å²) in [4.78, 5) is 7.81. The molecule has 4 nitrogen and oxygen atoms in total. The maximum atomic E-state index is 14.5. The van der Waals surface area contributed by atoms with Crippen LogP contribution in [-0.2, 0) is 0 Å². The Morgan fingerprint density at radius 3 is 2.43 bits per heavy atom. The van der Waals surface area contributed by atoms with Crippen molar-refractivity contribution in [3.8, 4) is 22.3 Å². The summed E-state index contributed by atoms with van der Waals surface area (Å²) in [5.41, 5.74) is 9.21. The van der Waals surface area contributed by atoms with Gasteiger partial charge in [0.1, 0.15) is 5.82 Å². The van der Waals surface area contributed by atoms with Crippen LogP contribution in [0.3, 0.4) is 0 Å². The van der Waals surface area contributed by atoms with Gasteiger partial charge in [-0.05, 0) is 17.7 Å². The van der Waals surface area contributed by atoms with Crippen molar-refractivity contribution in [3.05, 3.63) is 60.7 Å². The zero-order valence-corrected chi connectivity index (χ0v) is 13.3. The van der Waals surface area contributed by atoms with E-state index < -0.39 is 0 Å². The van der Waals surface area contributed by atoms with E-state index >= 15 is 0 Å². The summed E-state index contributed by atoms with van der Waals surface area (Å²) in [5, 5.41) is 0. The first-order chi connectivity index (χ1) is 11.2. The molecule has 0 fully saturated rings. The lowest BCUT2D eigenvalue weighted by atomic mass is 10.00. The second-order valence-corrected chi connectivity index (χ2v) is 5.49. The van der Waals surface area contributed by atoms with E-state index in [4.69, 9.17) is 5.73 Å². The number of nitrogen functional groups attached to an aromatic ring is 1. The smallest absolute Gasteiger partial charge is 0.219 e. The lowest BCUT2D eigenvalue weighted by Crippen LogP contribution is -1.95. The molecule has 0 saturated heterocycles. The lowest BCUT2D eigenvalue weighted by molar-refractivity contribution is 0.631. The summed E-state index contributed by atoms with van der Waals surface area (Å²) in [7, 11) is 0. The molecule has 0 aliphatic rings. The molecule has 3 N–H and O–H groups in total. The molecule has 3 rings (SSSR count).